The van der Waals surface area contributed by atoms with E-state index in [9.17, 15) is 0 Å². The minimum absolute atomic E-state index is 0. The maximum atomic E-state index is 5.01. The Kier molecular flexibility index (Phi) is 7.03. The van der Waals surface area contributed by atoms with Crippen LogP contribution in [0.3, 0.4) is 0 Å². The van der Waals surface area contributed by atoms with Crippen molar-refractivity contribution < 1.29 is 20.4 Å². The fourth-order valence-electron chi connectivity index (χ4n) is 3.29. The van der Waals surface area contributed by atoms with Gasteiger partial charge in [-0.05, 0) is 68.7 Å². The van der Waals surface area contributed by atoms with Crippen molar-refractivity contribution in [3.63, 3.8) is 0 Å². The van der Waals surface area contributed by atoms with Crippen molar-refractivity contribution >= 4 is 0 Å². The fraction of sp³-hybridized carbons (Fsp3) is 0.571. The van der Waals surface area contributed by atoms with Gasteiger partial charge in [0.2, 0.25) is 0 Å². The van der Waals surface area contributed by atoms with E-state index in [1.165, 1.54) is 39.2 Å². The van der Waals surface area contributed by atoms with Crippen LogP contribution in [0.5, 0.6) is 0 Å². The van der Waals surface area contributed by atoms with E-state index in [4.69, 9.17) is 5.10 Å². The van der Waals surface area contributed by atoms with Crippen molar-refractivity contribution in [2.24, 2.45) is 0 Å². The largest absolute Gasteiger partial charge is 0.266 e. The van der Waals surface area contributed by atoms with Crippen molar-refractivity contribution in [1.29, 1.82) is 0 Å². The summed E-state index contributed by atoms with van der Waals surface area (Å²) in [5.41, 5.74) is 9.39. The molecule has 1 heterocycles. The van der Waals surface area contributed by atoms with Crippen LogP contribution < -0.4 is 0 Å². The van der Waals surface area contributed by atoms with E-state index >= 15 is 0 Å². The van der Waals surface area contributed by atoms with Crippen LogP contribution in [0.25, 0.3) is 11.1 Å². The molecule has 0 saturated heterocycles. The summed E-state index contributed by atoms with van der Waals surface area (Å²) < 4.78 is 2.24. The van der Waals surface area contributed by atoms with Crippen LogP contribution in [0, 0.1) is 20.8 Å². The Balaban J connectivity index is 0.00000288. The van der Waals surface area contributed by atoms with Gasteiger partial charge in [0.15, 0.2) is 0 Å². The van der Waals surface area contributed by atoms with Crippen molar-refractivity contribution in [3.05, 3.63) is 40.2 Å². The third-order valence-corrected chi connectivity index (χ3v) is 4.77. The summed E-state index contributed by atoms with van der Waals surface area (Å²) in [6.07, 6.45) is 0. The molecule has 0 spiro atoms. The van der Waals surface area contributed by atoms with Crippen LogP contribution in [0.15, 0.2) is 12.1 Å². The molecule has 0 bridgehead atoms. The van der Waals surface area contributed by atoms with E-state index in [2.05, 4.69) is 79.1 Å². The number of nitrogens with zero attached hydrogens (tertiary/aromatic N) is 2. The van der Waals surface area contributed by atoms with Crippen molar-refractivity contribution in [3.8, 4) is 11.1 Å². The molecule has 1 aromatic heterocycles. The smallest absolute Gasteiger partial charge is 0.0731 e. The van der Waals surface area contributed by atoms with Gasteiger partial charge in [-0.25, -0.2) is 0 Å². The molecule has 0 fully saturated rings. The summed E-state index contributed by atoms with van der Waals surface area (Å²) in [7, 11) is 0. The number of rotatable bonds is 4. The Bertz CT molecular complexity index is 686. The van der Waals surface area contributed by atoms with Gasteiger partial charge in [0.25, 0.3) is 0 Å². The second-order valence-corrected chi connectivity index (χ2v) is 7.73. The zero-order chi connectivity index (χ0) is 17.5. The molecule has 2 rings (SSSR count). The standard InChI is InChI=1S/C21H32N2.Pd/c1-12(2)20-19(18-10-15(7)17(9)16(8)11-18)21(13(3)4)23(22-20)14(5)6;/h10-14H,1-9H3;. The molecule has 24 heavy (non-hydrogen) atoms. The SMILES string of the molecule is Cc1cc(-c2c(C(C)C)nn(C(C)C)c2C(C)C)cc(C)c1C.[Pd]. The number of hydrogen-bond donors (Lipinski definition) is 0. The second-order valence-electron chi connectivity index (χ2n) is 7.73. The first-order valence-electron chi connectivity index (χ1n) is 8.85. The second kappa shape index (κ2) is 7.98. The fourth-order valence-corrected chi connectivity index (χ4v) is 3.29. The molecule has 0 N–H and O–H groups in total. The monoisotopic (exact) mass is 418 g/mol. The summed E-state index contributed by atoms with van der Waals surface area (Å²) >= 11 is 0. The molecule has 0 unspecified atom stereocenters. The molecule has 0 aliphatic rings. The molecule has 3 heteroatoms. The van der Waals surface area contributed by atoms with Gasteiger partial charge in [-0.15, -0.1) is 0 Å². The third-order valence-electron chi connectivity index (χ3n) is 4.77. The van der Waals surface area contributed by atoms with Crippen molar-refractivity contribution in [2.45, 2.75) is 80.2 Å². The van der Waals surface area contributed by atoms with Crippen LogP contribution in [0.2, 0.25) is 0 Å². The summed E-state index contributed by atoms with van der Waals surface area (Å²) in [5.74, 6) is 0.874. The van der Waals surface area contributed by atoms with Gasteiger partial charge in [0, 0.05) is 37.7 Å². The van der Waals surface area contributed by atoms with Crippen LogP contribution in [0.4, 0.5) is 0 Å². The maximum absolute atomic E-state index is 5.01. The first-order chi connectivity index (χ1) is 10.6. The Morgan fingerprint density at radius 3 is 1.71 bits per heavy atom. The van der Waals surface area contributed by atoms with Crippen LogP contribution in [-0.4, -0.2) is 9.78 Å². The van der Waals surface area contributed by atoms with Crippen molar-refractivity contribution in [2.75, 3.05) is 0 Å². The van der Waals surface area contributed by atoms with Crippen LogP contribution >= 0.6 is 0 Å². The molecule has 2 nitrogen and oxygen atoms in total. The minimum Gasteiger partial charge on any atom is -0.266 e. The first kappa shape index (κ1) is 21.1. The Labute approximate surface area is 161 Å². The molecular formula is C21H32N2Pd. The average Bonchev–Trinajstić information content (AvgIpc) is 2.85. The van der Waals surface area contributed by atoms with Crippen LogP contribution in [0.1, 0.15) is 87.5 Å². The Morgan fingerprint density at radius 1 is 0.833 bits per heavy atom. The average molecular weight is 419 g/mol. The molecule has 1 aromatic carbocycles. The molecule has 0 radical (unpaired) electrons. The summed E-state index contributed by atoms with van der Waals surface area (Å²) in [6, 6.07) is 5.05. The number of aryl methyl sites for hydroxylation is 2. The molecule has 0 aliphatic carbocycles. The van der Waals surface area contributed by atoms with E-state index in [0.717, 1.165) is 0 Å². The van der Waals surface area contributed by atoms with E-state index < -0.39 is 0 Å². The summed E-state index contributed by atoms with van der Waals surface area (Å²) in [5, 5.41) is 5.01. The minimum atomic E-state index is 0. The van der Waals surface area contributed by atoms with E-state index in [0.29, 0.717) is 17.9 Å². The predicted octanol–water partition coefficient (Wildman–Crippen LogP) is 6.30. The summed E-state index contributed by atoms with van der Waals surface area (Å²) in [6.45, 7) is 20.1. The zero-order valence-corrected chi connectivity index (χ0v) is 18.2. The van der Waals surface area contributed by atoms with Gasteiger partial charge < -0.3 is 0 Å². The van der Waals surface area contributed by atoms with Gasteiger partial charge in [-0.3, -0.25) is 4.68 Å². The van der Waals surface area contributed by atoms with Gasteiger partial charge >= 0.3 is 0 Å². The van der Waals surface area contributed by atoms with Gasteiger partial charge in [-0.2, -0.15) is 5.10 Å². The number of hydrogen-bond acceptors (Lipinski definition) is 1. The first-order valence-corrected chi connectivity index (χ1v) is 8.85. The zero-order valence-electron chi connectivity index (χ0n) is 16.6. The molecule has 0 atom stereocenters. The molecule has 0 saturated carbocycles. The third kappa shape index (κ3) is 3.84. The molecular weight excluding hydrogens is 387 g/mol. The molecule has 2 aromatic rings. The summed E-state index contributed by atoms with van der Waals surface area (Å²) in [4.78, 5) is 0. The van der Waals surface area contributed by atoms with E-state index in [1.54, 1.807) is 0 Å². The van der Waals surface area contributed by atoms with Crippen LogP contribution in [-0.2, 0) is 20.4 Å². The molecule has 0 amide bonds. The number of benzene rings is 1. The molecule has 136 valence electrons. The van der Waals surface area contributed by atoms with Crippen molar-refractivity contribution in [1.82, 2.24) is 9.78 Å². The quantitative estimate of drug-likeness (QED) is 0.532. The van der Waals surface area contributed by atoms with Gasteiger partial charge in [0.1, 0.15) is 0 Å². The Hall–Kier alpha value is -0.908. The topological polar surface area (TPSA) is 17.8 Å². The predicted molar refractivity (Wildman–Crippen MR) is 100 cm³/mol. The van der Waals surface area contributed by atoms with Gasteiger partial charge in [0.05, 0.1) is 5.69 Å². The normalized spacial score (nSPS) is 11.5. The van der Waals surface area contributed by atoms with Gasteiger partial charge in [-0.1, -0.05) is 39.8 Å². The van der Waals surface area contributed by atoms with E-state index in [-0.39, 0.29) is 20.4 Å². The maximum Gasteiger partial charge on any atom is 0.0731 e. The van der Waals surface area contributed by atoms with E-state index in [1.807, 2.05) is 0 Å². The number of aromatic nitrogens is 2. The molecule has 0 aliphatic heterocycles. The Morgan fingerprint density at radius 2 is 1.33 bits per heavy atom.